The van der Waals surface area contributed by atoms with E-state index in [4.69, 9.17) is 18.9 Å². The van der Waals surface area contributed by atoms with Crippen molar-refractivity contribution in [1.82, 2.24) is 0 Å². The van der Waals surface area contributed by atoms with Crippen LogP contribution in [0.5, 0.6) is 0 Å². The molecule has 1 fully saturated rings. The van der Waals surface area contributed by atoms with Crippen LogP contribution in [-0.2, 0) is 23.7 Å². The standard InChI is InChI=1S/C47H88O9/c1-3-5-7-9-11-13-15-17-19-20-21-22-23-25-27-29-31-33-35-37-53-39-41(40-54-47-46(52)45(51)44(50)42(38-48)56-47)55-43(49)36-34-32-30-28-26-24-18-16-14-12-10-8-6-4-2/h16,18-20,41-42,44-48,50-52H,3-15,17,21-40H2,1-2H3/b18-16-,20-19-. The Hall–Kier alpha value is -1.33. The van der Waals surface area contributed by atoms with Crippen LogP contribution in [0.1, 0.15) is 206 Å². The summed E-state index contributed by atoms with van der Waals surface area (Å²) in [6.45, 7) is 4.55. The predicted molar refractivity (Wildman–Crippen MR) is 229 cm³/mol. The summed E-state index contributed by atoms with van der Waals surface area (Å²) in [6, 6.07) is 0. The monoisotopic (exact) mass is 797 g/mol. The van der Waals surface area contributed by atoms with Gasteiger partial charge in [-0.2, -0.15) is 0 Å². The molecule has 4 N–H and O–H groups in total. The fraction of sp³-hybridized carbons (Fsp3) is 0.894. The smallest absolute Gasteiger partial charge is 0.306 e. The molecule has 0 aromatic heterocycles. The zero-order chi connectivity index (χ0) is 40.7. The molecular weight excluding hydrogens is 709 g/mol. The van der Waals surface area contributed by atoms with Gasteiger partial charge in [0.25, 0.3) is 0 Å². The summed E-state index contributed by atoms with van der Waals surface area (Å²) in [5, 5.41) is 40.1. The van der Waals surface area contributed by atoms with Gasteiger partial charge in [0.2, 0.25) is 0 Å². The quantitative estimate of drug-likeness (QED) is 0.0271. The lowest BCUT2D eigenvalue weighted by atomic mass is 9.99. The van der Waals surface area contributed by atoms with E-state index < -0.39 is 43.4 Å². The van der Waals surface area contributed by atoms with Gasteiger partial charge < -0.3 is 39.4 Å². The van der Waals surface area contributed by atoms with Crippen LogP contribution in [0.2, 0.25) is 0 Å². The van der Waals surface area contributed by atoms with Crippen LogP contribution in [0.15, 0.2) is 24.3 Å². The largest absolute Gasteiger partial charge is 0.457 e. The Balaban J connectivity index is 2.24. The summed E-state index contributed by atoms with van der Waals surface area (Å²) < 4.78 is 22.8. The SMILES string of the molecule is CCCCCCC/C=C\CCCCCCCC(=O)OC(COCCCCCCCCCC/C=C\CCCCCCCCC)COC1OC(CO)C(O)C(O)C1O. The number of ether oxygens (including phenoxy) is 4. The first-order valence-electron chi connectivity index (χ1n) is 23.4. The van der Waals surface area contributed by atoms with Gasteiger partial charge in [0, 0.05) is 13.0 Å². The van der Waals surface area contributed by atoms with Crippen molar-refractivity contribution in [3.8, 4) is 0 Å². The van der Waals surface area contributed by atoms with E-state index in [2.05, 4.69) is 38.2 Å². The van der Waals surface area contributed by atoms with Crippen molar-refractivity contribution in [2.24, 2.45) is 0 Å². The van der Waals surface area contributed by atoms with Crippen LogP contribution >= 0.6 is 0 Å². The number of carbonyl (C=O) groups excluding carboxylic acids is 1. The van der Waals surface area contributed by atoms with Crippen molar-refractivity contribution in [3.63, 3.8) is 0 Å². The highest BCUT2D eigenvalue weighted by atomic mass is 16.7. The number of esters is 1. The minimum atomic E-state index is -1.54. The predicted octanol–water partition coefficient (Wildman–Crippen LogP) is 10.6. The van der Waals surface area contributed by atoms with Gasteiger partial charge in [-0.1, -0.05) is 160 Å². The van der Waals surface area contributed by atoms with E-state index in [0.29, 0.717) is 13.0 Å². The molecule has 1 aliphatic heterocycles. The Labute approximate surface area is 343 Å². The molecule has 1 saturated heterocycles. The van der Waals surface area contributed by atoms with E-state index in [0.717, 1.165) is 44.9 Å². The van der Waals surface area contributed by atoms with Crippen LogP contribution < -0.4 is 0 Å². The number of aliphatic hydroxyl groups is 4. The van der Waals surface area contributed by atoms with Gasteiger partial charge in [-0.05, 0) is 64.2 Å². The molecule has 1 aliphatic rings. The molecule has 1 rings (SSSR count). The first-order valence-corrected chi connectivity index (χ1v) is 23.4. The number of rotatable bonds is 40. The zero-order valence-corrected chi connectivity index (χ0v) is 36.1. The molecule has 1 heterocycles. The van der Waals surface area contributed by atoms with Crippen LogP contribution in [0.25, 0.3) is 0 Å². The van der Waals surface area contributed by atoms with Gasteiger partial charge in [0.15, 0.2) is 6.29 Å². The lowest BCUT2D eigenvalue weighted by molar-refractivity contribution is -0.305. The molecule has 0 spiro atoms. The molecule has 0 bridgehead atoms. The van der Waals surface area contributed by atoms with E-state index in [9.17, 15) is 25.2 Å². The van der Waals surface area contributed by atoms with Crippen molar-refractivity contribution in [2.75, 3.05) is 26.4 Å². The third-order valence-corrected chi connectivity index (χ3v) is 10.8. The summed E-state index contributed by atoms with van der Waals surface area (Å²) in [7, 11) is 0. The van der Waals surface area contributed by atoms with Gasteiger partial charge in [0.1, 0.15) is 30.5 Å². The second-order valence-electron chi connectivity index (χ2n) is 16.2. The first-order chi connectivity index (χ1) is 27.4. The van der Waals surface area contributed by atoms with Crippen LogP contribution in [0.3, 0.4) is 0 Å². The van der Waals surface area contributed by atoms with Crippen LogP contribution in [0.4, 0.5) is 0 Å². The van der Waals surface area contributed by atoms with Crippen LogP contribution in [-0.4, -0.2) is 89.6 Å². The maximum absolute atomic E-state index is 12.8. The summed E-state index contributed by atoms with van der Waals surface area (Å²) in [5.41, 5.74) is 0. The van der Waals surface area contributed by atoms with Crippen LogP contribution in [0, 0.1) is 0 Å². The van der Waals surface area contributed by atoms with E-state index in [1.807, 2.05) is 0 Å². The van der Waals surface area contributed by atoms with Crippen molar-refractivity contribution in [1.29, 1.82) is 0 Å². The molecule has 330 valence electrons. The van der Waals surface area contributed by atoms with Crippen molar-refractivity contribution >= 4 is 5.97 Å². The summed E-state index contributed by atoms with van der Waals surface area (Å²) >= 11 is 0. The fourth-order valence-corrected chi connectivity index (χ4v) is 7.13. The molecule has 0 amide bonds. The lowest BCUT2D eigenvalue weighted by Gasteiger charge is -2.39. The van der Waals surface area contributed by atoms with Gasteiger partial charge in [-0.25, -0.2) is 0 Å². The first kappa shape index (κ1) is 52.7. The third kappa shape index (κ3) is 29.8. The highest BCUT2D eigenvalue weighted by molar-refractivity contribution is 5.69. The number of hydrogen-bond acceptors (Lipinski definition) is 9. The molecule has 6 atom stereocenters. The molecule has 0 aromatic rings. The molecule has 0 aromatic carbocycles. The van der Waals surface area contributed by atoms with E-state index in [1.165, 1.54) is 141 Å². The minimum absolute atomic E-state index is 0.115. The highest BCUT2D eigenvalue weighted by Crippen LogP contribution is 2.22. The molecule has 9 nitrogen and oxygen atoms in total. The van der Waals surface area contributed by atoms with Crippen molar-refractivity contribution < 1.29 is 44.2 Å². The second-order valence-corrected chi connectivity index (χ2v) is 16.2. The summed E-state index contributed by atoms with van der Waals surface area (Å²) in [4.78, 5) is 12.8. The topological polar surface area (TPSA) is 135 Å². The van der Waals surface area contributed by atoms with Gasteiger partial charge in [-0.3, -0.25) is 4.79 Å². The third-order valence-electron chi connectivity index (χ3n) is 10.8. The number of allylic oxidation sites excluding steroid dienone is 4. The summed E-state index contributed by atoms with van der Waals surface area (Å²) in [6.07, 6.45) is 37.7. The Morgan fingerprint density at radius 2 is 0.982 bits per heavy atom. The molecule has 0 radical (unpaired) electrons. The molecule has 9 heteroatoms. The molecule has 0 saturated carbocycles. The number of carbonyl (C=O) groups is 1. The zero-order valence-electron chi connectivity index (χ0n) is 36.1. The lowest BCUT2D eigenvalue weighted by Crippen LogP contribution is -2.59. The number of unbranched alkanes of at least 4 members (excludes halogenated alkanes) is 25. The average molecular weight is 797 g/mol. The van der Waals surface area contributed by atoms with E-state index >= 15 is 0 Å². The molecule has 6 unspecified atom stereocenters. The van der Waals surface area contributed by atoms with E-state index in [1.54, 1.807) is 0 Å². The van der Waals surface area contributed by atoms with Gasteiger partial charge in [0.05, 0.1) is 19.8 Å². The Morgan fingerprint density at radius 1 is 0.554 bits per heavy atom. The second kappa shape index (κ2) is 39.1. The Morgan fingerprint density at radius 3 is 1.45 bits per heavy atom. The summed E-state index contributed by atoms with van der Waals surface area (Å²) in [5.74, 6) is -0.322. The average Bonchev–Trinajstić information content (AvgIpc) is 3.20. The Kier molecular flexibility index (Phi) is 36.8. The molecular formula is C47H88O9. The van der Waals surface area contributed by atoms with E-state index in [-0.39, 0.29) is 19.2 Å². The fourth-order valence-electron chi connectivity index (χ4n) is 7.13. The van der Waals surface area contributed by atoms with Gasteiger partial charge >= 0.3 is 5.97 Å². The van der Waals surface area contributed by atoms with Crippen molar-refractivity contribution in [3.05, 3.63) is 24.3 Å². The molecule has 56 heavy (non-hydrogen) atoms. The minimum Gasteiger partial charge on any atom is -0.457 e. The normalized spacial score (nSPS) is 20.7. The maximum Gasteiger partial charge on any atom is 0.306 e. The van der Waals surface area contributed by atoms with Gasteiger partial charge in [-0.15, -0.1) is 0 Å². The number of aliphatic hydroxyl groups excluding tert-OH is 4. The van der Waals surface area contributed by atoms with Crippen molar-refractivity contribution in [2.45, 2.75) is 243 Å². The molecule has 0 aliphatic carbocycles. The maximum atomic E-state index is 12.8. The highest BCUT2D eigenvalue weighted by Gasteiger charge is 2.44. The number of hydrogen-bond donors (Lipinski definition) is 4. The Bertz CT molecular complexity index is 910.